The molecule has 0 saturated carbocycles. The van der Waals surface area contributed by atoms with Crippen molar-refractivity contribution in [3.8, 4) is 22.7 Å². The predicted octanol–water partition coefficient (Wildman–Crippen LogP) is 6.00. The van der Waals surface area contributed by atoms with E-state index in [2.05, 4.69) is 35.8 Å². The van der Waals surface area contributed by atoms with Gasteiger partial charge in [-0.1, -0.05) is 30.7 Å². The van der Waals surface area contributed by atoms with E-state index in [4.69, 9.17) is 16.3 Å². The minimum absolute atomic E-state index is 0.252. The lowest BCUT2D eigenvalue weighted by molar-refractivity contribution is -0.132. The van der Waals surface area contributed by atoms with Crippen LogP contribution in [0.3, 0.4) is 0 Å². The number of nitrogens with zero attached hydrogens (tertiary/aromatic N) is 2. The van der Waals surface area contributed by atoms with Gasteiger partial charge in [-0.2, -0.15) is 0 Å². The lowest BCUT2D eigenvalue weighted by Gasteiger charge is -2.31. The number of hydrogen-bond donors (Lipinski definition) is 0. The predicted molar refractivity (Wildman–Crippen MR) is 126 cm³/mol. The molecule has 31 heavy (non-hydrogen) atoms. The number of aryl methyl sites for hydroxylation is 1. The summed E-state index contributed by atoms with van der Waals surface area (Å²) < 4.78 is 7.56. The summed E-state index contributed by atoms with van der Waals surface area (Å²) in [6, 6.07) is 20.1. The van der Waals surface area contributed by atoms with Crippen LogP contribution in [-0.2, 0) is 11.2 Å². The molecule has 0 N–H and O–H groups in total. The Morgan fingerprint density at radius 1 is 1.06 bits per heavy atom. The van der Waals surface area contributed by atoms with Crippen LogP contribution in [0.2, 0.25) is 5.02 Å². The Bertz CT molecular complexity index is 1020. The molecule has 1 fully saturated rings. The van der Waals surface area contributed by atoms with Gasteiger partial charge in [-0.3, -0.25) is 4.79 Å². The maximum atomic E-state index is 12.8. The van der Waals surface area contributed by atoms with E-state index in [0.29, 0.717) is 23.8 Å². The highest BCUT2D eigenvalue weighted by Crippen LogP contribution is 2.29. The molecule has 3 aromatic rings. The number of aromatic nitrogens is 1. The van der Waals surface area contributed by atoms with Crippen LogP contribution in [0, 0.1) is 5.92 Å². The molecule has 4 rings (SSSR count). The van der Waals surface area contributed by atoms with Gasteiger partial charge in [0.05, 0.1) is 12.8 Å². The molecule has 5 heteroatoms. The van der Waals surface area contributed by atoms with Crippen molar-refractivity contribution in [2.75, 3.05) is 20.2 Å². The average molecular weight is 437 g/mol. The van der Waals surface area contributed by atoms with Crippen LogP contribution in [0.1, 0.15) is 31.9 Å². The van der Waals surface area contributed by atoms with Crippen molar-refractivity contribution < 1.29 is 9.53 Å². The second-order valence-corrected chi connectivity index (χ2v) is 8.77. The molecule has 1 saturated heterocycles. The van der Waals surface area contributed by atoms with E-state index in [0.717, 1.165) is 47.9 Å². The van der Waals surface area contributed by atoms with E-state index < -0.39 is 0 Å². The molecular formula is C26H29ClN2O2. The molecule has 1 amide bonds. The summed E-state index contributed by atoms with van der Waals surface area (Å²) in [5.74, 6) is 1.67. The van der Waals surface area contributed by atoms with Gasteiger partial charge in [-0.15, -0.1) is 0 Å². The molecule has 2 heterocycles. The zero-order valence-electron chi connectivity index (χ0n) is 18.2. The first kappa shape index (κ1) is 21.5. The summed E-state index contributed by atoms with van der Waals surface area (Å²) in [4.78, 5) is 14.9. The van der Waals surface area contributed by atoms with Gasteiger partial charge >= 0.3 is 0 Å². The van der Waals surface area contributed by atoms with Gasteiger partial charge in [0.25, 0.3) is 0 Å². The summed E-state index contributed by atoms with van der Waals surface area (Å²) in [5.41, 5.74) is 4.33. The third kappa shape index (κ3) is 4.96. The lowest BCUT2D eigenvalue weighted by atomic mass is 10.00. The summed E-state index contributed by atoms with van der Waals surface area (Å²) in [6.45, 7) is 4.00. The van der Waals surface area contributed by atoms with E-state index in [1.54, 1.807) is 7.11 Å². The van der Waals surface area contributed by atoms with Gasteiger partial charge < -0.3 is 14.2 Å². The van der Waals surface area contributed by atoms with Crippen LogP contribution >= 0.6 is 11.6 Å². The van der Waals surface area contributed by atoms with Crippen LogP contribution in [0.4, 0.5) is 0 Å². The number of methoxy groups -OCH3 is 1. The highest BCUT2D eigenvalue weighted by molar-refractivity contribution is 6.30. The Morgan fingerprint density at radius 3 is 2.48 bits per heavy atom. The van der Waals surface area contributed by atoms with Gasteiger partial charge in [-0.05, 0) is 79.3 Å². The van der Waals surface area contributed by atoms with Gasteiger partial charge in [0.1, 0.15) is 5.75 Å². The third-order valence-corrected chi connectivity index (χ3v) is 6.29. The summed E-state index contributed by atoms with van der Waals surface area (Å²) in [7, 11) is 1.67. The van der Waals surface area contributed by atoms with E-state index in [1.807, 2.05) is 41.3 Å². The Labute approximate surface area is 189 Å². The fourth-order valence-corrected chi connectivity index (χ4v) is 4.49. The highest BCUT2D eigenvalue weighted by Gasteiger charge is 2.21. The summed E-state index contributed by atoms with van der Waals surface area (Å²) in [5, 5.41) is 0.716. The molecule has 2 aromatic carbocycles. The Hall–Kier alpha value is -2.72. The maximum absolute atomic E-state index is 12.8. The number of likely N-dealkylation sites (tertiary alicyclic amines) is 1. The first-order chi connectivity index (χ1) is 15.0. The van der Waals surface area contributed by atoms with Crippen LogP contribution in [-0.4, -0.2) is 35.6 Å². The standard InChI is InChI=1S/C26H29ClN2O2/c1-19-4-3-17-28(18-19)26(30)16-12-23-11-15-25(20-5-7-21(27)8-6-20)29(23)22-9-13-24(31-2)14-10-22/h5-11,13-15,19H,3-4,12,16-18H2,1-2H3. The number of halogens is 1. The van der Waals surface area contributed by atoms with Crippen molar-refractivity contribution in [3.63, 3.8) is 0 Å². The monoisotopic (exact) mass is 436 g/mol. The fraction of sp³-hybridized carbons (Fsp3) is 0.346. The largest absolute Gasteiger partial charge is 0.497 e. The molecule has 4 nitrogen and oxygen atoms in total. The normalized spacial score (nSPS) is 16.4. The van der Waals surface area contributed by atoms with Crippen LogP contribution in [0.5, 0.6) is 5.75 Å². The van der Waals surface area contributed by atoms with Crippen molar-refractivity contribution >= 4 is 17.5 Å². The molecule has 1 unspecified atom stereocenters. The molecule has 0 aliphatic carbocycles. The average Bonchev–Trinajstić information content (AvgIpc) is 3.22. The Kier molecular flexibility index (Phi) is 6.67. The Balaban J connectivity index is 1.62. The molecule has 162 valence electrons. The van der Waals surface area contributed by atoms with E-state index in [1.165, 1.54) is 6.42 Å². The first-order valence-corrected chi connectivity index (χ1v) is 11.3. The van der Waals surface area contributed by atoms with Gasteiger partial charge in [-0.25, -0.2) is 0 Å². The van der Waals surface area contributed by atoms with Crippen LogP contribution in [0.25, 0.3) is 16.9 Å². The summed E-state index contributed by atoms with van der Waals surface area (Å²) in [6.07, 6.45) is 3.54. The number of rotatable bonds is 6. The number of carbonyl (C=O) groups excluding carboxylic acids is 1. The minimum Gasteiger partial charge on any atom is -0.497 e. The number of hydrogen-bond acceptors (Lipinski definition) is 2. The van der Waals surface area contributed by atoms with Crippen LogP contribution in [0.15, 0.2) is 60.7 Å². The lowest BCUT2D eigenvalue weighted by Crippen LogP contribution is -2.39. The Morgan fingerprint density at radius 2 is 1.81 bits per heavy atom. The van der Waals surface area contributed by atoms with E-state index >= 15 is 0 Å². The molecule has 1 aliphatic rings. The van der Waals surface area contributed by atoms with Crippen molar-refractivity contribution in [1.29, 1.82) is 0 Å². The number of piperidine rings is 1. The smallest absolute Gasteiger partial charge is 0.222 e. The second kappa shape index (κ2) is 9.61. The third-order valence-electron chi connectivity index (χ3n) is 6.04. The molecule has 0 radical (unpaired) electrons. The van der Waals surface area contributed by atoms with Gasteiger partial charge in [0.15, 0.2) is 0 Å². The molecular weight excluding hydrogens is 408 g/mol. The fourth-order valence-electron chi connectivity index (χ4n) is 4.37. The summed E-state index contributed by atoms with van der Waals surface area (Å²) >= 11 is 6.10. The number of carbonyl (C=O) groups is 1. The number of benzene rings is 2. The van der Waals surface area contributed by atoms with Gasteiger partial charge in [0, 0.05) is 35.9 Å². The maximum Gasteiger partial charge on any atom is 0.222 e. The zero-order valence-corrected chi connectivity index (χ0v) is 18.9. The molecule has 0 spiro atoms. The molecule has 1 aromatic heterocycles. The highest BCUT2D eigenvalue weighted by atomic mass is 35.5. The van der Waals surface area contributed by atoms with E-state index in [-0.39, 0.29) is 5.91 Å². The molecule has 1 atom stereocenters. The topological polar surface area (TPSA) is 34.5 Å². The number of amides is 1. The van der Waals surface area contributed by atoms with E-state index in [9.17, 15) is 4.79 Å². The second-order valence-electron chi connectivity index (χ2n) is 8.34. The SMILES string of the molecule is COc1ccc(-n2c(CCC(=O)N3CCCC(C)C3)ccc2-c2ccc(Cl)cc2)cc1. The quantitative estimate of drug-likeness (QED) is 0.475. The van der Waals surface area contributed by atoms with Gasteiger partial charge in [0.2, 0.25) is 5.91 Å². The number of ether oxygens (including phenoxy) is 1. The van der Waals surface area contributed by atoms with Crippen molar-refractivity contribution in [2.45, 2.75) is 32.6 Å². The first-order valence-electron chi connectivity index (χ1n) is 10.9. The van der Waals surface area contributed by atoms with Crippen molar-refractivity contribution in [2.24, 2.45) is 5.92 Å². The minimum atomic E-state index is 0.252. The molecule has 0 bridgehead atoms. The zero-order chi connectivity index (χ0) is 21.8. The molecule has 1 aliphatic heterocycles. The van der Waals surface area contributed by atoms with Crippen molar-refractivity contribution in [1.82, 2.24) is 9.47 Å². The van der Waals surface area contributed by atoms with Crippen molar-refractivity contribution in [3.05, 3.63) is 71.4 Å². The van der Waals surface area contributed by atoms with Crippen LogP contribution < -0.4 is 4.74 Å².